The number of anilines is 1. The first-order chi connectivity index (χ1) is 10.4. The molecule has 1 aliphatic rings. The Kier molecular flexibility index (Phi) is 5.63. The molecule has 2 atom stereocenters. The number of benzene rings is 1. The standard InChI is InChI=1S/C19H30N2O/c1-13(2)17-8-6-7-16(5)19(17)20-18(22)12-21-10-14(3)9-15(4)11-21/h6-8,13-15H,9-12H2,1-5H3,(H,20,22)/t14-,15+. The molecule has 0 aromatic heterocycles. The minimum atomic E-state index is 0.109. The number of para-hydroxylation sites is 1. The summed E-state index contributed by atoms with van der Waals surface area (Å²) < 4.78 is 0. The normalized spacial score (nSPS) is 22.8. The van der Waals surface area contributed by atoms with Gasteiger partial charge in [-0.05, 0) is 42.2 Å². The third kappa shape index (κ3) is 4.33. The average molecular weight is 302 g/mol. The van der Waals surface area contributed by atoms with Gasteiger partial charge >= 0.3 is 0 Å². The van der Waals surface area contributed by atoms with Gasteiger partial charge < -0.3 is 5.32 Å². The van der Waals surface area contributed by atoms with Crippen molar-refractivity contribution < 1.29 is 4.79 Å². The minimum Gasteiger partial charge on any atom is -0.324 e. The van der Waals surface area contributed by atoms with Crippen molar-refractivity contribution in [1.29, 1.82) is 0 Å². The van der Waals surface area contributed by atoms with Gasteiger partial charge in [0.25, 0.3) is 0 Å². The number of hydrogen-bond donors (Lipinski definition) is 1. The summed E-state index contributed by atoms with van der Waals surface area (Å²) in [7, 11) is 0. The van der Waals surface area contributed by atoms with E-state index in [0.717, 1.165) is 24.3 Å². The lowest BCUT2D eigenvalue weighted by atomic mass is 9.92. The molecule has 122 valence electrons. The smallest absolute Gasteiger partial charge is 0.238 e. The maximum atomic E-state index is 12.5. The first-order valence-corrected chi connectivity index (χ1v) is 8.48. The number of amides is 1. The predicted octanol–water partition coefficient (Wildman–Crippen LogP) is 4.03. The van der Waals surface area contributed by atoms with E-state index in [-0.39, 0.29) is 5.91 Å². The van der Waals surface area contributed by atoms with Crippen molar-refractivity contribution in [2.45, 2.75) is 47.0 Å². The van der Waals surface area contributed by atoms with Gasteiger partial charge in [-0.1, -0.05) is 45.9 Å². The predicted molar refractivity (Wildman–Crippen MR) is 93.3 cm³/mol. The second kappa shape index (κ2) is 7.28. The van der Waals surface area contributed by atoms with Crippen molar-refractivity contribution in [3.05, 3.63) is 29.3 Å². The van der Waals surface area contributed by atoms with E-state index in [9.17, 15) is 4.79 Å². The summed E-state index contributed by atoms with van der Waals surface area (Å²) in [6.07, 6.45) is 1.27. The number of rotatable bonds is 4. The fourth-order valence-corrected chi connectivity index (χ4v) is 3.65. The number of carbonyl (C=O) groups is 1. The molecule has 2 rings (SSSR count). The number of likely N-dealkylation sites (tertiary alicyclic amines) is 1. The van der Waals surface area contributed by atoms with Gasteiger partial charge in [-0.2, -0.15) is 0 Å². The van der Waals surface area contributed by atoms with Crippen LogP contribution in [-0.2, 0) is 4.79 Å². The Hall–Kier alpha value is -1.35. The fourth-order valence-electron chi connectivity index (χ4n) is 3.65. The Morgan fingerprint density at radius 3 is 2.50 bits per heavy atom. The Bertz CT molecular complexity index is 514. The molecule has 3 heteroatoms. The Morgan fingerprint density at radius 2 is 1.91 bits per heavy atom. The van der Waals surface area contributed by atoms with Gasteiger partial charge in [0.05, 0.1) is 6.54 Å². The van der Waals surface area contributed by atoms with Gasteiger partial charge in [-0.25, -0.2) is 0 Å². The van der Waals surface area contributed by atoms with Crippen LogP contribution in [0, 0.1) is 18.8 Å². The van der Waals surface area contributed by atoms with Gasteiger partial charge in [0.1, 0.15) is 0 Å². The lowest BCUT2D eigenvalue weighted by Gasteiger charge is -2.34. The fraction of sp³-hybridized carbons (Fsp3) is 0.632. The molecule has 0 unspecified atom stereocenters. The number of aryl methyl sites for hydroxylation is 1. The number of carbonyl (C=O) groups excluding carboxylic acids is 1. The van der Waals surface area contributed by atoms with Crippen LogP contribution in [-0.4, -0.2) is 30.4 Å². The summed E-state index contributed by atoms with van der Waals surface area (Å²) in [4.78, 5) is 14.8. The van der Waals surface area contributed by atoms with Crippen molar-refractivity contribution in [2.75, 3.05) is 25.0 Å². The quantitative estimate of drug-likeness (QED) is 0.910. The number of nitrogens with one attached hydrogen (secondary N) is 1. The van der Waals surface area contributed by atoms with Crippen molar-refractivity contribution in [3.63, 3.8) is 0 Å². The lowest BCUT2D eigenvalue weighted by Crippen LogP contribution is -2.43. The average Bonchev–Trinajstić information content (AvgIpc) is 2.39. The van der Waals surface area contributed by atoms with Gasteiger partial charge in [0.2, 0.25) is 5.91 Å². The van der Waals surface area contributed by atoms with Crippen molar-refractivity contribution in [2.24, 2.45) is 11.8 Å². The van der Waals surface area contributed by atoms with Crippen molar-refractivity contribution >= 4 is 11.6 Å². The summed E-state index contributed by atoms with van der Waals surface area (Å²) in [5.41, 5.74) is 3.36. The highest BCUT2D eigenvalue weighted by molar-refractivity contribution is 5.93. The molecular weight excluding hydrogens is 272 g/mol. The second-order valence-electron chi connectivity index (χ2n) is 7.38. The summed E-state index contributed by atoms with van der Waals surface area (Å²) in [6, 6.07) is 6.24. The molecule has 1 heterocycles. The Labute approximate surface area is 135 Å². The summed E-state index contributed by atoms with van der Waals surface area (Å²) in [5, 5.41) is 3.16. The zero-order chi connectivity index (χ0) is 16.3. The van der Waals surface area contributed by atoms with Crippen LogP contribution in [0.3, 0.4) is 0 Å². The first kappa shape index (κ1) is 17.0. The molecule has 1 N–H and O–H groups in total. The van der Waals surface area contributed by atoms with E-state index < -0.39 is 0 Å². The molecule has 1 saturated heterocycles. The maximum absolute atomic E-state index is 12.5. The zero-order valence-corrected chi connectivity index (χ0v) is 14.6. The van der Waals surface area contributed by atoms with Crippen LogP contribution in [0.5, 0.6) is 0 Å². The van der Waals surface area contributed by atoms with Crippen LogP contribution in [0.25, 0.3) is 0 Å². The van der Waals surface area contributed by atoms with Gasteiger partial charge in [-0.3, -0.25) is 9.69 Å². The van der Waals surface area contributed by atoms with E-state index in [1.54, 1.807) is 0 Å². The minimum absolute atomic E-state index is 0.109. The molecule has 0 bridgehead atoms. The molecule has 1 aliphatic heterocycles. The molecule has 0 aliphatic carbocycles. The van der Waals surface area contributed by atoms with E-state index in [1.165, 1.54) is 12.0 Å². The third-order valence-electron chi connectivity index (χ3n) is 4.50. The summed E-state index contributed by atoms with van der Waals surface area (Å²) in [5.74, 6) is 1.88. The Morgan fingerprint density at radius 1 is 1.27 bits per heavy atom. The van der Waals surface area contributed by atoms with Gasteiger partial charge in [0.15, 0.2) is 0 Å². The van der Waals surface area contributed by atoms with Gasteiger partial charge in [-0.15, -0.1) is 0 Å². The van der Waals surface area contributed by atoms with Crippen LogP contribution in [0.15, 0.2) is 18.2 Å². The van der Waals surface area contributed by atoms with E-state index in [4.69, 9.17) is 0 Å². The van der Waals surface area contributed by atoms with Crippen LogP contribution < -0.4 is 5.32 Å². The molecule has 0 spiro atoms. The molecule has 1 aromatic rings. The number of piperidine rings is 1. The highest BCUT2D eigenvalue weighted by atomic mass is 16.2. The van der Waals surface area contributed by atoms with Crippen molar-refractivity contribution in [3.8, 4) is 0 Å². The topological polar surface area (TPSA) is 32.3 Å². The molecule has 1 fully saturated rings. The van der Waals surface area contributed by atoms with Crippen LogP contribution in [0.4, 0.5) is 5.69 Å². The summed E-state index contributed by atoms with van der Waals surface area (Å²) >= 11 is 0. The molecule has 0 saturated carbocycles. The Balaban J connectivity index is 2.03. The molecule has 0 radical (unpaired) electrons. The molecular formula is C19H30N2O. The highest BCUT2D eigenvalue weighted by Crippen LogP contribution is 2.27. The van der Waals surface area contributed by atoms with Crippen LogP contribution >= 0.6 is 0 Å². The van der Waals surface area contributed by atoms with Gasteiger partial charge in [0, 0.05) is 18.8 Å². The molecule has 22 heavy (non-hydrogen) atoms. The number of hydrogen-bond acceptors (Lipinski definition) is 2. The first-order valence-electron chi connectivity index (χ1n) is 8.48. The molecule has 1 aromatic carbocycles. The maximum Gasteiger partial charge on any atom is 0.238 e. The van der Waals surface area contributed by atoms with E-state index >= 15 is 0 Å². The summed E-state index contributed by atoms with van der Waals surface area (Å²) in [6.45, 7) is 13.5. The van der Waals surface area contributed by atoms with Crippen LogP contribution in [0.1, 0.15) is 51.2 Å². The number of nitrogens with zero attached hydrogens (tertiary/aromatic N) is 1. The molecule has 1 amide bonds. The van der Waals surface area contributed by atoms with E-state index in [0.29, 0.717) is 24.3 Å². The van der Waals surface area contributed by atoms with Crippen LogP contribution in [0.2, 0.25) is 0 Å². The monoisotopic (exact) mass is 302 g/mol. The second-order valence-corrected chi connectivity index (χ2v) is 7.38. The lowest BCUT2D eigenvalue weighted by molar-refractivity contribution is -0.117. The van der Waals surface area contributed by atoms with Crippen molar-refractivity contribution in [1.82, 2.24) is 4.90 Å². The third-order valence-corrected chi connectivity index (χ3v) is 4.50. The SMILES string of the molecule is Cc1cccc(C(C)C)c1NC(=O)CN1C[C@H](C)C[C@H](C)C1. The largest absolute Gasteiger partial charge is 0.324 e. The molecule has 3 nitrogen and oxygen atoms in total. The van der Waals surface area contributed by atoms with E-state index in [1.807, 2.05) is 0 Å². The van der Waals surface area contributed by atoms with E-state index in [2.05, 4.69) is 63.0 Å². The zero-order valence-electron chi connectivity index (χ0n) is 14.6. The highest BCUT2D eigenvalue weighted by Gasteiger charge is 2.23.